The highest BCUT2D eigenvalue weighted by molar-refractivity contribution is 7.84. The second kappa shape index (κ2) is 4.35. The largest absolute Gasteiger partial charge is 0.209 e. The first-order valence-corrected chi connectivity index (χ1v) is 3.28. The Kier molecular flexibility index (Phi) is 4.09. The summed E-state index contributed by atoms with van der Waals surface area (Å²) in [6.07, 6.45) is 0. The molecule has 0 rings (SSSR count). The molecule has 0 saturated heterocycles. The third kappa shape index (κ3) is 2.73. The SMILES string of the molecule is C=C(S)/C(F)=C(F)\C(F)=C(/C)F. The molecule has 0 spiro atoms. The Morgan fingerprint density at radius 1 is 1.00 bits per heavy atom. The van der Waals surface area contributed by atoms with Crippen molar-refractivity contribution in [3.05, 3.63) is 34.8 Å². The van der Waals surface area contributed by atoms with E-state index in [1.807, 2.05) is 0 Å². The normalized spacial score (nSPS) is 15.2. The molecule has 0 radical (unpaired) electrons. The lowest BCUT2D eigenvalue weighted by Gasteiger charge is -1.96. The van der Waals surface area contributed by atoms with Crippen LogP contribution in [0.5, 0.6) is 0 Å². The zero-order chi connectivity index (χ0) is 9.89. The lowest BCUT2D eigenvalue weighted by Crippen LogP contribution is -1.84. The van der Waals surface area contributed by atoms with Gasteiger partial charge in [0.25, 0.3) is 0 Å². The van der Waals surface area contributed by atoms with Crippen LogP contribution in [0.15, 0.2) is 34.8 Å². The van der Waals surface area contributed by atoms with Crippen LogP contribution in [0.25, 0.3) is 0 Å². The van der Waals surface area contributed by atoms with Crippen LogP contribution in [-0.4, -0.2) is 0 Å². The van der Waals surface area contributed by atoms with E-state index in [1.165, 1.54) is 0 Å². The van der Waals surface area contributed by atoms with E-state index in [0.717, 1.165) is 0 Å². The maximum Gasteiger partial charge on any atom is 0.198 e. The fourth-order valence-electron chi connectivity index (χ4n) is 0.374. The fraction of sp³-hybridized carbons (Fsp3) is 0.143. The molecule has 0 nitrogen and oxygen atoms in total. The van der Waals surface area contributed by atoms with E-state index in [2.05, 4.69) is 19.2 Å². The molecule has 0 saturated carbocycles. The van der Waals surface area contributed by atoms with E-state index in [0.29, 0.717) is 6.92 Å². The van der Waals surface area contributed by atoms with Crippen molar-refractivity contribution in [3.63, 3.8) is 0 Å². The Hall–Kier alpha value is -0.710. The first-order valence-electron chi connectivity index (χ1n) is 2.83. The molecule has 0 fully saturated rings. The molecule has 0 aromatic carbocycles. The van der Waals surface area contributed by atoms with Crippen molar-refractivity contribution in [1.82, 2.24) is 0 Å². The van der Waals surface area contributed by atoms with E-state index in [-0.39, 0.29) is 0 Å². The minimum absolute atomic E-state index is 0.594. The van der Waals surface area contributed by atoms with Gasteiger partial charge in [-0.2, -0.15) is 0 Å². The van der Waals surface area contributed by atoms with Gasteiger partial charge in [-0.3, -0.25) is 0 Å². The number of thiol groups is 1. The predicted molar refractivity (Wildman–Crippen MR) is 42.3 cm³/mol. The molecule has 0 aliphatic carbocycles. The van der Waals surface area contributed by atoms with Gasteiger partial charge in [0.05, 0.1) is 0 Å². The maximum absolute atomic E-state index is 12.4. The van der Waals surface area contributed by atoms with Gasteiger partial charge in [0.1, 0.15) is 5.83 Å². The van der Waals surface area contributed by atoms with Crippen LogP contribution in [-0.2, 0) is 0 Å². The van der Waals surface area contributed by atoms with Gasteiger partial charge in [-0.05, 0) is 6.92 Å². The second-order valence-electron chi connectivity index (χ2n) is 1.92. The maximum atomic E-state index is 12.4. The van der Waals surface area contributed by atoms with Crippen molar-refractivity contribution < 1.29 is 17.6 Å². The Morgan fingerprint density at radius 2 is 1.42 bits per heavy atom. The minimum atomic E-state index is -1.92. The van der Waals surface area contributed by atoms with Crippen LogP contribution in [0.2, 0.25) is 0 Å². The Balaban J connectivity index is 5.06. The summed E-state index contributed by atoms with van der Waals surface area (Å²) in [6.45, 7) is 3.57. The van der Waals surface area contributed by atoms with Gasteiger partial charge >= 0.3 is 0 Å². The summed E-state index contributed by atoms with van der Waals surface area (Å²) in [4.78, 5) is -0.594. The van der Waals surface area contributed by atoms with Crippen LogP contribution in [0.3, 0.4) is 0 Å². The highest BCUT2D eigenvalue weighted by Crippen LogP contribution is 2.27. The summed E-state index contributed by atoms with van der Waals surface area (Å²) in [5.74, 6) is -6.83. The van der Waals surface area contributed by atoms with Crippen molar-refractivity contribution in [2.75, 3.05) is 0 Å². The fourth-order valence-corrected chi connectivity index (χ4v) is 0.472. The lowest BCUT2D eigenvalue weighted by molar-refractivity contribution is 0.470. The van der Waals surface area contributed by atoms with Gasteiger partial charge in [0.15, 0.2) is 17.5 Å². The van der Waals surface area contributed by atoms with E-state index in [9.17, 15) is 17.6 Å². The molecule has 0 bridgehead atoms. The van der Waals surface area contributed by atoms with Gasteiger partial charge in [-0.15, -0.1) is 12.6 Å². The summed E-state index contributed by atoms with van der Waals surface area (Å²) in [7, 11) is 0. The van der Waals surface area contributed by atoms with Crippen LogP contribution in [0.4, 0.5) is 17.6 Å². The Morgan fingerprint density at radius 3 is 1.67 bits per heavy atom. The summed E-state index contributed by atoms with van der Waals surface area (Å²) in [5, 5.41) is 0. The van der Waals surface area contributed by atoms with E-state index >= 15 is 0 Å². The van der Waals surface area contributed by atoms with Crippen molar-refractivity contribution in [2.45, 2.75) is 6.92 Å². The molecule has 12 heavy (non-hydrogen) atoms. The molecule has 0 atom stereocenters. The number of rotatable bonds is 2. The lowest BCUT2D eigenvalue weighted by atomic mass is 10.3. The summed E-state index contributed by atoms with van der Waals surface area (Å²) < 4.78 is 49.1. The number of hydrogen-bond acceptors (Lipinski definition) is 1. The second-order valence-corrected chi connectivity index (χ2v) is 2.46. The van der Waals surface area contributed by atoms with E-state index in [1.54, 1.807) is 0 Å². The van der Waals surface area contributed by atoms with Gasteiger partial charge < -0.3 is 0 Å². The van der Waals surface area contributed by atoms with Crippen molar-refractivity contribution in [2.24, 2.45) is 0 Å². The van der Waals surface area contributed by atoms with Gasteiger partial charge in [-0.1, -0.05) is 6.58 Å². The predicted octanol–water partition coefficient (Wildman–Crippen LogP) is 3.75. The molecule has 68 valence electrons. The van der Waals surface area contributed by atoms with Gasteiger partial charge in [0.2, 0.25) is 0 Å². The average molecular weight is 198 g/mol. The zero-order valence-corrected chi connectivity index (χ0v) is 7.06. The van der Waals surface area contributed by atoms with Crippen LogP contribution < -0.4 is 0 Å². The molecule has 0 unspecified atom stereocenters. The smallest absolute Gasteiger partial charge is 0.198 e. The molecule has 0 aromatic heterocycles. The summed E-state index contributed by atoms with van der Waals surface area (Å²) >= 11 is 3.32. The minimum Gasteiger partial charge on any atom is -0.209 e. The average Bonchev–Trinajstić information content (AvgIpc) is 2.00. The van der Waals surface area contributed by atoms with Gasteiger partial charge in [-0.25, -0.2) is 17.6 Å². The number of hydrogen-bond donors (Lipinski definition) is 1. The first kappa shape index (κ1) is 11.3. The molecule has 0 aromatic rings. The van der Waals surface area contributed by atoms with Crippen molar-refractivity contribution in [3.8, 4) is 0 Å². The van der Waals surface area contributed by atoms with E-state index < -0.39 is 28.2 Å². The highest BCUT2D eigenvalue weighted by Gasteiger charge is 2.15. The van der Waals surface area contributed by atoms with Crippen LogP contribution >= 0.6 is 12.6 Å². The Bertz CT molecular complexity index is 261. The molecule has 0 aliphatic rings. The summed E-state index contributed by atoms with van der Waals surface area (Å²) in [6, 6.07) is 0. The van der Waals surface area contributed by atoms with Crippen LogP contribution in [0.1, 0.15) is 6.92 Å². The Labute approximate surface area is 72.7 Å². The third-order valence-corrected chi connectivity index (χ3v) is 1.14. The molecule has 0 N–H and O–H groups in total. The van der Waals surface area contributed by atoms with E-state index in [4.69, 9.17) is 0 Å². The zero-order valence-electron chi connectivity index (χ0n) is 6.17. The van der Waals surface area contributed by atoms with Crippen molar-refractivity contribution >= 4 is 12.6 Å². The standard InChI is InChI=1S/C7H6F4S/c1-3(8)5(9)7(11)6(10)4(2)12/h12H,2H2,1H3/b5-3-,7-6-. The molecular formula is C7H6F4S. The molecule has 0 heterocycles. The quantitative estimate of drug-likeness (QED) is 0.390. The van der Waals surface area contributed by atoms with Gasteiger partial charge in [0, 0.05) is 4.91 Å². The first-order chi connectivity index (χ1) is 5.37. The van der Waals surface area contributed by atoms with Crippen molar-refractivity contribution in [1.29, 1.82) is 0 Å². The number of halogens is 4. The molecular weight excluding hydrogens is 192 g/mol. The third-order valence-electron chi connectivity index (χ3n) is 0.941. The summed E-state index contributed by atoms with van der Waals surface area (Å²) in [5.41, 5.74) is 0. The molecule has 0 amide bonds. The monoisotopic (exact) mass is 198 g/mol. The van der Waals surface area contributed by atoms with Crippen LogP contribution in [0, 0.1) is 0 Å². The molecule has 0 aliphatic heterocycles. The molecule has 5 heteroatoms. The highest BCUT2D eigenvalue weighted by atomic mass is 32.1. The number of allylic oxidation sites excluding steroid dienone is 4. The topological polar surface area (TPSA) is 0 Å².